The SMILES string of the molecule is CC(C)[C@H](NC=O)C(=O)N1CCCC1C=O. The van der Waals surface area contributed by atoms with Gasteiger partial charge in [-0.2, -0.15) is 0 Å². The van der Waals surface area contributed by atoms with E-state index < -0.39 is 6.04 Å². The first-order valence-corrected chi connectivity index (χ1v) is 5.57. The second-order valence-electron chi connectivity index (χ2n) is 4.38. The zero-order valence-corrected chi connectivity index (χ0v) is 9.68. The average molecular weight is 226 g/mol. The van der Waals surface area contributed by atoms with Crippen molar-refractivity contribution in [3.63, 3.8) is 0 Å². The third-order valence-corrected chi connectivity index (χ3v) is 2.92. The van der Waals surface area contributed by atoms with E-state index in [1.165, 1.54) is 0 Å². The number of hydrogen-bond acceptors (Lipinski definition) is 3. The van der Waals surface area contributed by atoms with Crippen molar-refractivity contribution >= 4 is 18.6 Å². The summed E-state index contributed by atoms with van der Waals surface area (Å²) in [4.78, 5) is 34.9. The highest BCUT2D eigenvalue weighted by Crippen LogP contribution is 2.18. The highest BCUT2D eigenvalue weighted by atomic mass is 16.2. The van der Waals surface area contributed by atoms with Crippen LogP contribution in [0.3, 0.4) is 0 Å². The second kappa shape index (κ2) is 5.63. The molecule has 0 aliphatic carbocycles. The van der Waals surface area contributed by atoms with E-state index in [9.17, 15) is 14.4 Å². The predicted octanol–water partition coefficient (Wildman–Crippen LogP) is -0.0531. The molecule has 0 aromatic rings. The van der Waals surface area contributed by atoms with Crippen molar-refractivity contribution in [2.75, 3.05) is 6.54 Å². The molecule has 0 bridgehead atoms. The second-order valence-corrected chi connectivity index (χ2v) is 4.38. The number of carbonyl (C=O) groups is 3. The lowest BCUT2D eigenvalue weighted by molar-refractivity contribution is -0.138. The number of rotatable bonds is 5. The summed E-state index contributed by atoms with van der Waals surface area (Å²) in [6.45, 7) is 4.34. The van der Waals surface area contributed by atoms with Gasteiger partial charge in [-0.3, -0.25) is 9.59 Å². The van der Waals surface area contributed by atoms with Crippen LogP contribution in [0.2, 0.25) is 0 Å². The Morgan fingerprint density at radius 3 is 2.62 bits per heavy atom. The van der Waals surface area contributed by atoms with Crippen LogP contribution in [0.4, 0.5) is 0 Å². The molecular weight excluding hydrogens is 208 g/mol. The lowest BCUT2D eigenvalue weighted by Gasteiger charge is -2.27. The first-order chi connectivity index (χ1) is 7.61. The van der Waals surface area contributed by atoms with Gasteiger partial charge in [0.05, 0.1) is 6.04 Å². The van der Waals surface area contributed by atoms with Crippen LogP contribution in [0.15, 0.2) is 0 Å². The minimum absolute atomic E-state index is 0.0191. The first kappa shape index (κ1) is 12.7. The van der Waals surface area contributed by atoms with Crippen molar-refractivity contribution in [2.45, 2.75) is 38.8 Å². The van der Waals surface area contributed by atoms with Crippen LogP contribution in [0.25, 0.3) is 0 Å². The summed E-state index contributed by atoms with van der Waals surface area (Å²) in [7, 11) is 0. The number of amides is 2. The Balaban J connectivity index is 2.73. The number of aldehydes is 1. The number of nitrogens with one attached hydrogen (secondary N) is 1. The molecule has 0 saturated carbocycles. The lowest BCUT2D eigenvalue weighted by atomic mass is 10.0. The van der Waals surface area contributed by atoms with Crippen molar-refractivity contribution in [3.8, 4) is 0 Å². The third kappa shape index (κ3) is 2.59. The van der Waals surface area contributed by atoms with E-state index in [1.807, 2.05) is 13.8 Å². The molecule has 1 unspecified atom stereocenters. The molecule has 0 radical (unpaired) electrons. The van der Waals surface area contributed by atoms with E-state index >= 15 is 0 Å². The van der Waals surface area contributed by atoms with Gasteiger partial charge in [-0.1, -0.05) is 13.8 Å². The summed E-state index contributed by atoms with van der Waals surface area (Å²) in [5.41, 5.74) is 0. The summed E-state index contributed by atoms with van der Waals surface area (Å²) >= 11 is 0. The molecule has 2 amide bonds. The minimum Gasteiger partial charge on any atom is -0.347 e. The molecule has 1 aliphatic rings. The fourth-order valence-electron chi connectivity index (χ4n) is 2.01. The molecule has 0 aromatic carbocycles. The fourth-order valence-corrected chi connectivity index (χ4v) is 2.01. The highest BCUT2D eigenvalue weighted by molar-refractivity contribution is 5.86. The molecule has 1 fully saturated rings. The molecule has 2 atom stereocenters. The van der Waals surface area contributed by atoms with Crippen LogP contribution >= 0.6 is 0 Å². The van der Waals surface area contributed by atoms with Gasteiger partial charge < -0.3 is 15.0 Å². The maximum Gasteiger partial charge on any atom is 0.246 e. The fraction of sp³-hybridized carbons (Fsp3) is 0.727. The van der Waals surface area contributed by atoms with Crippen molar-refractivity contribution in [1.29, 1.82) is 0 Å². The Hall–Kier alpha value is -1.39. The highest BCUT2D eigenvalue weighted by Gasteiger charge is 2.33. The zero-order chi connectivity index (χ0) is 12.1. The van der Waals surface area contributed by atoms with E-state index in [0.29, 0.717) is 13.0 Å². The molecular formula is C11H18N2O3. The monoisotopic (exact) mass is 226 g/mol. The first-order valence-electron chi connectivity index (χ1n) is 5.57. The number of hydrogen-bond donors (Lipinski definition) is 1. The van der Waals surface area contributed by atoms with Gasteiger partial charge >= 0.3 is 0 Å². The Kier molecular flexibility index (Phi) is 4.46. The standard InChI is InChI=1S/C11H18N2O3/c1-8(2)10(12-7-15)11(16)13-5-3-4-9(13)6-14/h6-10H,3-5H2,1-2H3,(H,12,15)/t9?,10-/m0/s1. The van der Waals surface area contributed by atoms with Gasteiger partial charge in [0, 0.05) is 6.54 Å². The van der Waals surface area contributed by atoms with Gasteiger partial charge in [0.25, 0.3) is 0 Å². The predicted molar refractivity (Wildman–Crippen MR) is 58.6 cm³/mol. The van der Waals surface area contributed by atoms with E-state index in [-0.39, 0.29) is 17.9 Å². The number of likely N-dealkylation sites (tertiary alicyclic amines) is 1. The third-order valence-electron chi connectivity index (χ3n) is 2.92. The van der Waals surface area contributed by atoms with E-state index in [1.54, 1.807) is 4.90 Å². The van der Waals surface area contributed by atoms with Gasteiger partial charge in [0.15, 0.2) is 0 Å². The van der Waals surface area contributed by atoms with Gasteiger partial charge in [-0.15, -0.1) is 0 Å². The lowest BCUT2D eigenvalue weighted by Crippen LogP contribution is -2.50. The van der Waals surface area contributed by atoms with Crippen molar-refractivity contribution in [1.82, 2.24) is 10.2 Å². The average Bonchev–Trinajstić information content (AvgIpc) is 2.72. The van der Waals surface area contributed by atoms with Gasteiger partial charge in [-0.25, -0.2) is 0 Å². The summed E-state index contributed by atoms with van der Waals surface area (Å²) < 4.78 is 0. The van der Waals surface area contributed by atoms with E-state index in [4.69, 9.17) is 0 Å². The van der Waals surface area contributed by atoms with Crippen LogP contribution in [0.1, 0.15) is 26.7 Å². The smallest absolute Gasteiger partial charge is 0.246 e. The Labute approximate surface area is 95.2 Å². The molecule has 5 nitrogen and oxygen atoms in total. The molecule has 0 spiro atoms. The van der Waals surface area contributed by atoms with Crippen molar-refractivity contribution in [3.05, 3.63) is 0 Å². The van der Waals surface area contributed by atoms with Crippen molar-refractivity contribution < 1.29 is 14.4 Å². The van der Waals surface area contributed by atoms with Gasteiger partial charge in [0.2, 0.25) is 12.3 Å². The number of nitrogens with zero attached hydrogens (tertiary/aromatic N) is 1. The van der Waals surface area contributed by atoms with Crippen LogP contribution < -0.4 is 5.32 Å². The molecule has 0 aromatic heterocycles. The van der Waals surface area contributed by atoms with Crippen LogP contribution in [-0.2, 0) is 14.4 Å². The topological polar surface area (TPSA) is 66.5 Å². The molecule has 90 valence electrons. The van der Waals surface area contributed by atoms with Gasteiger partial charge in [-0.05, 0) is 18.8 Å². The summed E-state index contributed by atoms with van der Waals surface area (Å²) in [5, 5.41) is 2.52. The summed E-state index contributed by atoms with van der Waals surface area (Å²) in [6.07, 6.45) is 2.92. The quantitative estimate of drug-likeness (QED) is 0.668. The maximum absolute atomic E-state index is 12.1. The van der Waals surface area contributed by atoms with Crippen LogP contribution in [0.5, 0.6) is 0 Å². The van der Waals surface area contributed by atoms with Crippen molar-refractivity contribution in [2.24, 2.45) is 5.92 Å². The normalized spacial score (nSPS) is 21.9. The maximum atomic E-state index is 12.1. The zero-order valence-electron chi connectivity index (χ0n) is 9.68. The van der Waals surface area contributed by atoms with Crippen LogP contribution in [0, 0.1) is 5.92 Å². The van der Waals surface area contributed by atoms with E-state index in [0.717, 1.165) is 19.1 Å². The molecule has 1 saturated heterocycles. The Bertz CT molecular complexity index is 274. The Morgan fingerprint density at radius 2 is 2.12 bits per heavy atom. The van der Waals surface area contributed by atoms with Gasteiger partial charge in [0.1, 0.15) is 12.3 Å². The minimum atomic E-state index is -0.530. The Morgan fingerprint density at radius 1 is 1.44 bits per heavy atom. The van der Waals surface area contributed by atoms with Crippen LogP contribution in [-0.4, -0.2) is 42.1 Å². The molecule has 1 aliphatic heterocycles. The molecule has 1 N–H and O–H groups in total. The summed E-state index contributed by atoms with van der Waals surface area (Å²) in [5.74, 6) is -0.137. The molecule has 1 rings (SSSR count). The molecule has 1 heterocycles. The largest absolute Gasteiger partial charge is 0.347 e. The van der Waals surface area contributed by atoms with E-state index in [2.05, 4.69) is 5.32 Å². The number of carbonyl (C=O) groups excluding carboxylic acids is 3. The molecule has 5 heteroatoms. The summed E-state index contributed by atoms with van der Waals surface area (Å²) in [6, 6.07) is -0.847. The molecule has 16 heavy (non-hydrogen) atoms.